The minimum atomic E-state index is 0.132. The van der Waals surface area contributed by atoms with Gasteiger partial charge in [0.15, 0.2) is 0 Å². The Morgan fingerprint density at radius 3 is 2.07 bits per heavy atom. The fourth-order valence-electron chi connectivity index (χ4n) is 1.63. The summed E-state index contributed by atoms with van der Waals surface area (Å²) in [5.74, 6) is 0. The molecule has 2 N–H and O–H groups in total. The number of nitrogens with two attached hydrogens (primary N) is 1. The van der Waals surface area contributed by atoms with E-state index < -0.39 is 0 Å². The molecule has 0 saturated heterocycles. The first-order chi connectivity index (χ1) is 7.17. The second-order valence-electron chi connectivity index (χ2n) is 3.99. The van der Waals surface area contributed by atoms with E-state index in [0.717, 1.165) is 19.6 Å². The second-order valence-corrected chi connectivity index (χ2v) is 3.99. The van der Waals surface area contributed by atoms with Crippen molar-refractivity contribution in [3.8, 4) is 0 Å². The van der Waals surface area contributed by atoms with Crippen LogP contribution in [0, 0.1) is 0 Å². The van der Waals surface area contributed by atoms with Gasteiger partial charge in [-0.1, -0.05) is 38.1 Å². The lowest BCUT2D eigenvalue weighted by Gasteiger charge is -2.18. The Kier molecular flexibility index (Phi) is 4.79. The quantitative estimate of drug-likeness (QED) is 0.802. The van der Waals surface area contributed by atoms with Gasteiger partial charge in [-0.2, -0.15) is 0 Å². The summed E-state index contributed by atoms with van der Waals surface area (Å²) in [6, 6.07) is 8.74. The first-order valence-corrected chi connectivity index (χ1v) is 5.74. The number of rotatable bonds is 5. The molecule has 0 aliphatic rings. The summed E-state index contributed by atoms with van der Waals surface area (Å²) >= 11 is 0. The molecule has 1 atom stereocenters. The lowest BCUT2D eigenvalue weighted by atomic mass is 10.1. The molecule has 84 valence electrons. The first kappa shape index (κ1) is 12.2. The standard InChI is InChI=1S/C13H22N2/c1-4-15(5-2)10-12-6-8-13(9-7-12)11(3)14/h6-9,11H,4-5,10,14H2,1-3H3/t11-/m0/s1. The van der Waals surface area contributed by atoms with E-state index in [1.165, 1.54) is 11.1 Å². The van der Waals surface area contributed by atoms with E-state index in [4.69, 9.17) is 5.73 Å². The Balaban J connectivity index is 2.63. The number of hydrogen-bond donors (Lipinski definition) is 1. The molecule has 0 amide bonds. The molecule has 1 rings (SSSR count). The molecule has 1 aromatic rings. The molecule has 2 heteroatoms. The molecule has 0 bridgehead atoms. The molecule has 0 radical (unpaired) electrons. The van der Waals surface area contributed by atoms with Crippen LogP contribution in [0.1, 0.15) is 37.9 Å². The van der Waals surface area contributed by atoms with Gasteiger partial charge in [0.1, 0.15) is 0 Å². The first-order valence-electron chi connectivity index (χ1n) is 5.74. The van der Waals surface area contributed by atoms with Gasteiger partial charge in [0.05, 0.1) is 0 Å². The van der Waals surface area contributed by atoms with Gasteiger partial charge < -0.3 is 5.73 Å². The smallest absolute Gasteiger partial charge is 0.0266 e. The van der Waals surface area contributed by atoms with Crippen LogP contribution in [0.25, 0.3) is 0 Å². The third-order valence-corrected chi connectivity index (χ3v) is 2.81. The average molecular weight is 206 g/mol. The zero-order valence-corrected chi connectivity index (χ0v) is 10.0. The highest BCUT2D eigenvalue weighted by molar-refractivity contribution is 5.24. The van der Waals surface area contributed by atoms with Crippen LogP contribution in [0.15, 0.2) is 24.3 Å². The number of hydrogen-bond acceptors (Lipinski definition) is 2. The molecule has 2 nitrogen and oxygen atoms in total. The van der Waals surface area contributed by atoms with Crippen LogP contribution in [0.2, 0.25) is 0 Å². The Morgan fingerprint density at radius 2 is 1.67 bits per heavy atom. The molecular weight excluding hydrogens is 184 g/mol. The lowest BCUT2D eigenvalue weighted by molar-refractivity contribution is 0.296. The minimum Gasteiger partial charge on any atom is -0.324 e. The summed E-state index contributed by atoms with van der Waals surface area (Å²) < 4.78 is 0. The topological polar surface area (TPSA) is 29.3 Å². The van der Waals surface area contributed by atoms with Crippen molar-refractivity contribution in [1.82, 2.24) is 4.90 Å². The van der Waals surface area contributed by atoms with Crippen LogP contribution >= 0.6 is 0 Å². The van der Waals surface area contributed by atoms with E-state index in [1.807, 2.05) is 6.92 Å². The van der Waals surface area contributed by atoms with Gasteiger partial charge in [-0.25, -0.2) is 0 Å². The number of benzene rings is 1. The van der Waals surface area contributed by atoms with E-state index in [9.17, 15) is 0 Å². The third kappa shape index (κ3) is 3.65. The van der Waals surface area contributed by atoms with Gasteiger partial charge in [0.2, 0.25) is 0 Å². The molecule has 0 saturated carbocycles. The lowest BCUT2D eigenvalue weighted by Crippen LogP contribution is -2.22. The molecule has 1 aromatic carbocycles. The SMILES string of the molecule is CCN(CC)Cc1ccc([C@H](C)N)cc1. The maximum absolute atomic E-state index is 5.81. The highest BCUT2D eigenvalue weighted by atomic mass is 15.1. The van der Waals surface area contributed by atoms with E-state index in [1.54, 1.807) is 0 Å². The van der Waals surface area contributed by atoms with E-state index in [-0.39, 0.29) is 6.04 Å². The maximum atomic E-state index is 5.81. The molecule has 0 aliphatic carbocycles. The van der Waals surface area contributed by atoms with Crippen LogP contribution in [0.3, 0.4) is 0 Å². The highest BCUT2D eigenvalue weighted by Gasteiger charge is 2.02. The molecule has 0 fully saturated rings. The number of nitrogens with zero attached hydrogens (tertiary/aromatic N) is 1. The molecular formula is C13H22N2. The van der Waals surface area contributed by atoms with Crippen molar-refractivity contribution in [1.29, 1.82) is 0 Å². The van der Waals surface area contributed by atoms with Gasteiger partial charge >= 0.3 is 0 Å². The summed E-state index contributed by atoms with van der Waals surface area (Å²) in [5, 5.41) is 0. The molecule has 0 aliphatic heterocycles. The summed E-state index contributed by atoms with van der Waals surface area (Å²) in [4.78, 5) is 2.40. The summed E-state index contributed by atoms with van der Waals surface area (Å²) in [6.07, 6.45) is 0. The largest absolute Gasteiger partial charge is 0.324 e. The maximum Gasteiger partial charge on any atom is 0.0266 e. The van der Waals surface area contributed by atoms with Crippen LogP contribution in [0.4, 0.5) is 0 Å². The van der Waals surface area contributed by atoms with Crippen molar-refractivity contribution in [3.05, 3.63) is 35.4 Å². The van der Waals surface area contributed by atoms with Gasteiger partial charge in [0.25, 0.3) is 0 Å². The predicted octanol–water partition coefficient (Wildman–Crippen LogP) is 2.55. The van der Waals surface area contributed by atoms with Crippen LogP contribution in [-0.2, 0) is 6.54 Å². The van der Waals surface area contributed by atoms with Gasteiger partial charge in [-0.3, -0.25) is 4.90 Å². The fraction of sp³-hybridized carbons (Fsp3) is 0.538. The van der Waals surface area contributed by atoms with Crippen molar-refractivity contribution >= 4 is 0 Å². The summed E-state index contributed by atoms with van der Waals surface area (Å²) in [6.45, 7) is 9.64. The van der Waals surface area contributed by atoms with E-state index in [2.05, 4.69) is 43.0 Å². The Hall–Kier alpha value is -0.860. The molecule has 0 spiro atoms. The van der Waals surface area contributed by atoms with E-state index >= 15 is 0 Å². The van der Waals surface area contributed by atoms with Crippen molar-refractivity contribution in [2.45, 2.75) is 33.4 Å². The molecule has 0 unspecified atom stereocenters. The second kappa shape index (κ2) is 5.89. The normalized spacial score (nSPS) is 13.1. The van der Waals surface area contributed by atoms with Gasteiger partial charge in [0, 0.05) is 12.6 Å². The Labute approximate surface area is 93.1 Å². The summed E-state index contributed by atoms with van der Waals surface area (Å²) in [7, 11) is 0. The third-order valence-electron chi connectivity index (χ3n) is 2.81. The summed E-state index contributed by atoms with van der Waals surface area (Å²) in [5.41, 5.74) is 8.38. The van der Waals surface area contributed by atoms with Crippen molar-refractivity contribution in [2.75, 3.05) is 13.1 Å². The zero-order valence-electron chi connectivity index (χ0n) is 10.0. The van der Waals surface area contributed by atoms with Crippen molar-refractivity contribution in [3.63, 3.8) is 0 Å². The van der Waals surface area contributed by atoms with Crippen LogP contribution in [0.5, 0.6) is 0 Å². The van der Waals surface area contributed by atoms with Crippen LogP contribution < -0.4 is 5.73 Å². The molecule has 0 aromatic heterocycles. The monoisotopic (exact) mass is 206 g/mol. The Morgan fingerprint density at radius 1 is 1.13 bits per heavy atom. The molecule has 15 heavy (non-hydrogen) atoms. The molecule has 0 heterocycles. The predicted molar refractivity (Wildman–Crippen MR) is 65.7 cm³/mol. The highest BCUT2D eigenvalue weighted by Crippen LogP contribution is 2.12. The fourth-order valence-corrected chi connectivity index (χ4v) is 1.63. The van der Waals surface area contributed by atoms with E-state index in [0.29, 0.717) is 0 Å². The van der Waals surface area contributed by atoms with Crippen LogP contribution in [-0.4, -0.2) is 18.0 Å². The van der Waals surface area contributed by atoms with Gasteiger partial charge in [-0.05, 0) is 31.1 Å². The zero-order chi connectivity index (χ0) is 11.3. The Bertz CT molecular complexity index is 273. The van der Waals surface area contributed by atoms with Crippen molar-refractivity contribution < 1.29 is 0 Å². The van der Waals surface area contributed by atoms with Crippen molar-refractivity contribution in [2.24, 2.45) is 5.73 Å². The van der Waals surface area contributed by atoms with Gasteiger partial charge in [-0.15, -0.1) is 0 Å². The average Bonchev–Trinajstić information content (AvgIpc) is 2.26. The minimum absolute atomic E-state index is 0.132.